The van der Waals surface area contributed by atoms with Crippen LogP contribution in [0.2, 0.25) is 0 Å². The second-order valence-electron chi connectivity index (χ2n) is 8.74. The van der Waals surface area contributed by atoms with E-state index in [9.17, 15) is 14.0 Å². The van der Waals surface area contributed by atoms with E-state index in [0.29, 0.717) is 17.9 Å². The van der Waals surface area contributed by atoms with Crippen LogP contribution in [0.1, 0.15) is 49.3 Å². The smallest absolute Gasteiger partial charge is 0.254 e. The maximum absolute atomic E-state index is 13.2. The first-order valence-electron chi connectivity index (χ1n) is 10.6. The molecule has 3 rings (SSSR count). The summed E-state index contributed by atoms with van der Waals surface area (Å²) in [5.74, 6) is -0.538. The molecule has 0 unspecified atom stereocenters. The molecule has 0 atom stereocenters. The van der Waals surface area contributed by atoms with E-state index in [1.165, 1.54) is 29.2 Å². The summed E-state index contributed by atoms with van der Waals surface area (Å²) >= 11 is 0. The Labute approximate surface area is 188 Å². The largest absolute Gasteiger partial charge is 0.330 e. The van der Waals surface area contributed by atoms with Gasteiger partial charge in [0.05, 0.1) is 11.4 Å². The summed E-state index contributed by atoms with van der Waals surface area (Å²) < 4.78 is 14.9. The number of aryl methyl sites for hydroxylation is 1. The molecule has 0 spiro atoms. The Balaban J connectivity index is 1.84. The number of aromatic nitrogens is 2. The van der Waals surface area contributed by atoms with Gasteiger partial charge in [0, 0.05) is 23.6 Å². The third-order valence-electron chi connectivity index (χ3n) is 5.18. The lowest BCUT2D eigenvalue weighted by Gasteiger charge is -2.20. The van der Waals surface area contributed by atoms with Crippen molar-refractivity contribution in [2.75, 3.05) is 18.4 Å². The molecule has 1 aromatic heterocycles. The van der Waals surface area contributed by atoms with Crippen molar-refractivity contribution in [1.82, 2.24) is 14.7 Å². The van der Waals surface area contributed by atoms with Gasteiger partial charge in [-0.25, -0.2) is 9.07 Å². The van der Waals surface area contributed by atoms with Crippen molar-refractivity contribution in [1.29, 1.82) is 0 Å². The monoisotopic (exact) mass is 436 g/mol. The number of likely N-dealkylation sites (N-methyl/N-ethyl adjacent to an activating group) is 1. The summed E-state index contributed by atoms with van der Waals surface area (Å²) in [6.07, 6.45) is 0. The maximum Gasteiger partial charge on any atom is 0.254 e. The summed E-state index contributed by atoms with van der Waals surface area (Å²) in [5.41, 5.74) is 2.86. The number of nitrogens with one attached hydrogen (secondary N) is 1. The predicted molar refractivity (Wildman–Crippen MR) is 124 cm³/mol. The van der Waals surface area contributed by atoms with E-state index >= 15 is 0 Å². The van der Waals surface area contributed by atoms with Crippen LogP contribution in [0.25, 0.3) is 5.69 Å². The molecule has 3 aromatic rings. The van der Waals surface area contributed by atoms with E-state index in [4.69, 9.17) is 5.10 Å². The van der Waals surface area contributed by atoms with Gasteiger partial charge < -0.3 is 10.2 Å². The topological polar surface area (TPSA) is 67.2 Å². The van der Waals surface area contributed by atoms with E-state index in [2.05, 4.69) is 26.1 Å². The third kappa shape index (κ3) is 5.22. The number of para-hydroxylation sites is 1. The molecule has 1 N–H and O–H groups in total. The fraction of sp³-hybridized carbons (Fsp3) is 0.320. The molecule has 0 aliphatic carbocycles. The highest BCUT2D eigenvalue weighted by Crippen LogP contribution is 2.27. The van der Waals surface area contributed by atoms with Crippen LogP contribution in [0.3, 0.4) is 0 Å². The standard InChI is InChI=1S/C25H29FN4O2/c1-6-29(24(32)18-11-13-19(26)14-12-18)16-23(31)27-22-15-21(25(3,4)5)28-30(22)20-10-8-7-9-17(20)2/h7-15H,6,16H2,1-5H3,(H,27,31). The molecule has 6 nitrogen and oxygen atoms in total. The normalized spacial score (nSPS) is 11.3. The molecule has 7 heteroatoms. The van der Waals surface area contributed by atoms with Gasteiger partial charge in [-0.1, -0.05) is 39.0 Å². The Morgan fingerprint density at radius 3 is 2.34 bits per heavy atom. The third-order valence-corrected chi connectivity index (χ3v) is 5.18. The number of halogens is 1. The molecule has 1 heterocycles. The molecule has 0 fully saturated rings. The van der Waals surface area contributed by atoms with Crippen molar-refractivity contribution in [3.63, 3.8) is 0 Å². The van der Waals surface area contributed by atoms with Gasteiger partial charge in [-0.05, 0) is 49.7 Å². The van der Waals surface area contributed by atoms with E-state index in [1.54, 1.807) is 11.6 Å². The number of hydrogen-bond acceptors (Lipinski definition) is 3. The van der Waals surface area contributed by atoms with Gasteiger partial charge in [0.1, 0.15) is 18.2 Å². The molecule has 0 saturated heterocycles. The van der Waals surface area contributed by atoms with Crippen molar-refractivity contribution in [3.8, 4) is 5.69 Å². The highest BCUT2D eigenvalue weighted by molar-refractivity contribution is 5.99. The van der Waals surface area contributed by atoms with Crippen molar-refractivity contribution >= 4 is 17.6 Å². The molecular formula is C25H29FN4O2. The molecule has 0 radical (unpaired) electrons. The molecule has 168 valence electrons. The number of carbonyl (C=O) groups is 2. The van der Waals surface area contributed by atoms with Gasteiger partial charge in [-0.15, -0.1) is 0 Å². The molecular weight excluding hydrogens is 407 g/mol. The number of anilines is 1. The van der Waals surface area contributed by atoms with Crippen LogP contribution in [0, 0.1) is 12.7 Å². The fourth-order valence-electron chi connectivity index (χ4n) is 3.28. The number of nitrogens with zero attached hydrogens (tertiary/aromatic N) is 3. The van der Waals surface area contributed by atoms with Gasteiger partial charge in [0.15, 0.2) is 0 Å². The molecule has 2 aromatic carbocycles. The first-order valence-corrected chi connectivity index (χ1v) is 10.6. The quantitative estimate of drug-likeness (QED) is 0.608. The van der Waals surface area contributed by atoms with Crippen LogP contribution >= 0.6 is 0 Å². The zero-order valence-electron chi connectivity index (χ0n) is 19.1. The number of benzene rings is 2. The van der Waals surface area contributed by atoms with Crippen molar-refractivity contribution in [2.24, 2.45) is 0 Å². The number of amides is 2. The molecule has 0 aliphatic rings. The van der Waals surface area contributed by atoms with Gasteiger partial charge >= 0.3 is 0 Å². The average molecular weight is 437 g/mol. The lowest BCUT2D eigenvalue weighted by Crippen LogP contribution is -2.38. The minimum absolute atomic E-state index is 0.128. The Morgan fingerprint density at radius 2 is 1.75 bits per heavy atom. The number of hydrogen-bond donors (Lipinski definition) is 1. The van der Waals surface area contributed by atoms with Crippen molar-refractivity contribution < 1.29 is 14.0 Å². The fourth-order valence-corrected chi connectivity index (χ4v) is 3.28. The minimum atomic E-state index is -0.415. The SMILES string of the molecule is CCN(CC(=O)Nc1cc(C(C)(C)C)nn1-c1ccccc1C)C(=O)c1ccc(F)cc1. The second-order valence-corrected chi connectivity index (χ2v) is 8.74. The Morgan fingerprint density at radius 1 is 1.09 bits per heavy atom. The van der Waals surface area contributed by atoms with Gasteiger partial charge in [0.2, 0.25) is 5.91 Å². The van der Waals surface area contributed by atoms with E-state index < -0.39 is 5.82 Å². The lowest BCUT2D eigenvalue weighted by molar-refractivity contribution is -0.116. The summed E-state index contributed by atoms with van der Waals surface area (Å²) in [7, 11) is 0. The zero-order valence-corrected chi connectivity index (χ0v) is 19.1. The predicted octanol–water partition coefficient (Wildman–Crippen LogP) is 4.72. The zero-order chi connectivity index (χ0) is 23.5. The maximum atomic E-state index is 13.2. The highest BCUT2D eigenvalue weighted by Gasteiger charge is 2.23. The summed E-state index contributed by atoms with van der Waals surface area (Å²) in [4.78, 5) is 27.1. The molecule has 0 saturated carbocycles. The first kappa shape index (κ1) is 23.2. The van der Waals surface area contributed by atoms with Crippen molar-refractivity contribution in [3.05, 3.63) is 77.2 Å². The Bertz CT molecular complexity index is 1110. The summed E-state index contributed by atoms with van der Waals surface area (Å²) in [6.45, 7) is 10.2. The molecule has 32 heavy (non-hydrogen) atoms. The van der Waals surface area contributed by atoms with Gasteiger partial charge in [-0.3, -0.25) is 9.59 Å². The van der Waals surface area contributed by atoms with E-state index in [0.717, 1.165) is 16.9 Å². The Hall–Kier alpha value is -3.48. The summed E-state index contributed by atoms with van der Waals surface area (Å²) in [6, 6.07) is 15.0. The molecule has 0 aliphatic heterocycles. The van der Waals surface area contributed by atoms with Crippen LogP contribution in [0.4, 0.5) is 10.2 Å². The Kier molecular flexibility index (Phi) is 6.77. The van der Waals surface area contributed by atoms with Crippen LogP contribution in [0.5, 0.6) is 0 Å². The van der Waals surface area contributed by atoms with E-state index in [1.807, 2.05) is 37.3 Å². The molecule has 0 bridgehead atoms. The van der Waals surface area contributed by atoms with Crippen molar-refractivity contribution in [2.45, 2.75) is 40.0 Å². The average Bonchev–Trinajstić information content (AvgIpc) is 3.16. The van der Waals surface area contributed by atoms with Crippen LogP contribution in [0.15, 0.2) is 54.6 Å². The van der Waals surface area contributed by atoms with Gasteiger partial charge in [0.25, 0.3) is 5.91 Å². The van der Waals surface area contributed by atoms with E-state index in [-0.39, 0.29) is 23.8 Å². The van der Waals surface area contributed by atoms with Gasteiger partial charge in [-0.2, -0.15) is 5.10 Å². The minimum Gasteiger partial charge on any atom is -0.330 e. The number of rotatable bonds is 6. The second kappa shape index (κ2) is 9.34. The number of carbonyl (C=O) groups excluding carboxylic acids is 2. The lowest BCUT2D eigenvalue weighted by atomic mass is 9.92. The van der Waals surface area contributed by atoms with Crippen LogP contribution in [-0.2, 0) is 10.2 Å². The first-order chi connectivity index (χ1) is 15.1. The molecule has 2 amide bonds. The van der Waals surface area contributed by atoms with Crippen LogP contribution in [-0.4, -0.2) is 39.6 Å². The summed E-state index contributed by atoms with van der Waals surface area (Å²) in [5, 5.41) is 7.66. The van der Waals surface area contributed by atoms with Crippen LogP contribution < -0.4 is 5.32 Å². The highest BCUT2D eigenvalue weighted by atomic mass is 19.1.